The average molecular weight is 285 g/mol. The molecule has 1 unspecified atom stereocenters. The summed E-state index contributed by atoms with van der Waals surface area (Å²) in [5.41, 5.74) is 1.66. The molecule has 2 aromatic rings. The lowest BCUT2D eigenvalue weighted by atomic mass is 10.0. The molecule has 0 radical (unpaired) electrons. The second-order valence-corrected chi connectivity index (χ2v) is 5.27. The third-order valence-electron chi connectivity index (χ3n) is 3.69. The van der Waals surface area contributed by atoms with Crippen molar-refractivity contribution in [1.82, 2.24) is 25.4 Å². The highest BCUT2D eigenvalue weighted by atomic mass is 16.1. The van der Waals surface area contributed by atoms with Crippen LogP contribution in [0.4, 0.5) is 0 Å². The molecular formula is C15H19N5O. The van der Waals surface area contributed by atoms with Gasteiger partial charge in [-0.05, 0) is 31.0 Å². The van der Waals surface area contributed by atoms with Gasteiger partial charge in [0.25, 0.3) is 5.91 Å². The number of nitrogens with zero attached hydrogens (tertiary/aromatic N) is 3. The number of piperidine rings is 1. The number of aromatic nitrogens is 3. The topological polar surface area (TPSA) is 71.8 Å². The molecule has 2 heterocycles. The fraction of sp³-hybridized carbons (Fsp3) is 0.400. The van der Waals surface area contributed by atoms with Crippen LogP contribution in [0.15, 0.2) is 36.9 Å². The number of nitrogens with one attached hydrogen (secondary N) is 2. The van der Waals surface area contributed by atoms with Crippen molar-refractivity contribution in [2.45, 2.75) is 25.4 Å². The smallest absolute Gasteiger partial charge is 0.251 e. The van der Waals surface area contributed by atoms with Gasteiger partial charge in [-0.2, -0.15) is 5.10 Å². The minimum atomic E-state index is -0.0144. The van der Waals surface area contributed by atoms with Gasteiger partial charge in [-0.15, -0.1) is 0 Å². The first kappa shape index (κ1) is 13.8. The molecule has 1 aromatic carbocycles. The van der Waals surface area contributed by atoms with Crippen LogP contribution in [0.2, 0.25) is 0 Å². The van der Waals surface area contributed by atoms with E-state index in [4.69, 9.17) is 0 Å². The Hall–Kier alpha value is -2.21. The Morgan fingerprint density at radius 1 is 1.43 bits per heavy atom. The molecule has 1 aliphatic heterocycles. The molecule has 0 spiro atoms. The summed E-state index contributed by atoms with van der Waals surface area (Å²) in [7, 11) is 0. The molecule has 1 aromatic heterocycles. The molecule has 0 saturated carbocycles. The van der Waals surface area contributed by atoms with Gasteiger partial charge < -0.3 is 10.6 Å². The monoisotopic (exact) mass is 285 g/mol. The number of hydrogen-bond donors (Lipinski definition) is 2. The summed E-state index contributed by atoms with van der Waals surface area (Å²) >= 11 is 0. The quantitative estimate of drug-likeness (QED) is 0.872. The third kappa shape index (κ3) is 3.46. The molecule has 0 aliphatic carbocycles. The summed E-state index contributed by atoms with van der Waals surface area (Å²) in [6.07, 6.45) is 5.28. The predicted molar refractivity (Wildman–Crippen MR) is 78.9 cm³/mol. The third-order valence-corrected chi connectivity index (χ3v) is 3.69. The van der Waals surface area contributed by atoms with Crippen molar-refractivity contribution in [3.8, 4) is 0 Å². The van der Waals surface area contributed by atoms with E-state index in [2.05, 4.69) is 20.7 Å². The number of carbonyl (C=O) groups excluding carboxylic acids is 1. The van der Waals surface area contributed by atoms with E-state index in [0.29, 0.717) is 12.1 Å². The maximum Gasteiger partial charge on any atom is 0.251 e. The molecule has 1 aliphatic rings. The van der Waals surface area contributed by atoms with Gasteiger partial charge in [0.2, 0.25) is 0 Å². The number of hydrogen-bond acceptors (Lipinski definition) is 4. The van der Waals surface area contributed by atoms with Crippen molar-refractivity contribution in [1.29, 1.82) is 0 Å². The lowest BCUT2D eigenvalue weighted by Gasteiger charge is -2.24. The van der Waals surface area contributed by atoms with E-state index in [1.807, 2.05) is 24.3 Å². The molecule has 21 heavy (non-hydrogen) atoms. The summed E-state index contributed by atoms with van der Waals surface area (Å²) in [4.78, 5) is 16.4. The summed E-state index contributed by atoms with van der Waals surface area (Å²) < 4.78 is 1.72. The first-order chi connectivity index (χ1) is 10.3. The Bertz CT molecular complexity index is 590. The Kier molecular flexibility index (Phi) is 4.25. The van der Waals surface area contributed by atoms with Gasteiger partial charge in [0, 0.05) is 18.2 Å². The van der Waals surface area contributed by atoms with Crippen LogP contribution in [0.3, 0.4) is 0 Å². The molecule has 6 heteroatoms. The summed E-state index contributed by atoms with van der Waals surface area (Å²) in [6.45, 7) is 2.43. The van der Waals surface area contributed by atoms with E-state index in [1.165, 1.54) is 6.33 Å². The van der Waals surface area contributed by atoms with E-state index < -0.39 is 0 Å². The molecule has 2 N–H and O–H groups in total. The SMILES string of the molecule is O=C(NC1CCCNC1)c1ccccc1Cn1cncn1. The maximum atomic E-state index is 12.5. The number of carbonyl (C=O) groups is 1. The van der Waals surface area contributed by atoms with Crippen LogP contribution in [0.25, 0.3) is 0 Å². The van der Waals surface area contributed by atoms with E-state index in [1.54, 1.807) is 11.0 Å². The van der Waals surface area contributed by atoms with Gasteiger partial charge in [0.1, 0.15) is 12.7 Å². The number of amides is 1. The van der Waals surface area contributed by atoms with Gasteiger partial charge >= 0.3 is 0 Å². The molecular weight excluding hydrogens is 266 g/mol. The van der Waals surface area contributed by atoms with E-state index in [0.717, 1.165) is 31.5 Å². The standard InChI is InChI=1S/C15H19N5O/c21-15(19-13-5-3-7-16-8-13)14-6-2-1-4-12(14)9-20-11-17-10-18-20/h1-2,4,6,10-11,13,16H,3,5,7-9H2,(H,19,21). The highest BCUT2D eigenvalue weighted by molar-refractivity contribution is 5.95. The van der Waals surface area contributed by atoms with Crippen molar-refractivity contribution >= 4 is 5.91 Å². The van der Waals surface area contributed by atoms with Gasteiger partial charge in [0.15, 0.2) is 0 Å². The van der Waals surface area contributed by atoms with Gasteiger partial charge in [0.05, 0.1) is 6.54 Å². The van der Waals surface area contributed by atoms with Gasteiger partial charge in [-0.3, -0.25) is 4.79 Å². The number of benzene rings is 1. The van der Waals surface area contributed by atoms with Crippen LogP contribution in [-0.4, -0.2) is 39.8 Å². The van der Waals surface area contributed by atoms with E-state index in [9.17, 15) is 4.79 Å². The van der Waals surface area contributed by atoms with Crippen LogP contribution < -0.4 is 10.6 Å². The van der Waals surface area contributed by atoms with Crippen molar-refractivity contribution in [2.75, 3.05) is 13.1 Å². The Morgan fingerprint density at radius 3 is 3.10 bits per heavy atom. The van der Waals surface area contributed by atoms with Crippen LogP contribution in [0.1, 0.15) is 28.8 Å². The molecule has 1 saturated heterocycles. The second-order valence-electron chi connectivity index (χ2n) is 5.27. The second kappa shape index (κ2) is 6.49. The predicted octanol–water partition coefficient (Wildman–Crippen LogP) is 0.808. The minimum absolute atomic E-state index is 0.0144. The highest BCUT2D eigenvalue weighted by Gasteiger charge is 2.18. The Labute approximate surface area is 123 Å². The van der Waals surface area contributed by atoms with Crippen LogP contribution in [0.5, 0.6) is 0 Å². The highest BCUT2D eigenvalue weighted by Crippen LogP contribution is 2.11. The van der Waals surface area contributed by atoms with Crippen molar-refractivity contribution in [3.05, 3.63) is 48.0 Å². The van der Waals surface area contributed by atoms with Crippen LogP contribution >= 0.6 is 0 Å². The number of rotatable bonds is 4. The lowest BCUT2D eigenvalue weighted by Crippen LogP contribution is -2.45. The van der Waals surface area contributed by atoms with Crippen molar-refractivity contribution in [3.63, 3.8) is 0 Å². The normalized spacial score (nSPS) is 18.4. The zero-order valence-corrected chi connectivity index (χ0v) is 11.8. The molecule has 1 amide bonds. The molecule has 0 bridgehead atoms. The van der Waals surface area contributed by atoms with E-state index in [-0.39, 0.29) is 11.9 Å². The summed E-state index contributed by atoms with van der Waals surface area (Å²) in [5.74, 6) is -0.0144. The molecule has 1 atom stereocenters. The van der Waals surface area contributed by atoms with Gasteiger partial charge in [-0.25, -0.2) is 9.67 Å². The van der Waals surface area contributed by atoms with Crippen LogP contribution in [0, 0.1) is 0 Å². The van der Waals surface area contributed by atoms with E-state index >= 15 is 0 Å². The van der Waals surface area contributed by atoms with Gasteiger partial charge in [-0.1, -0.05) is 18.2 Å². The molecule has 6 nitrogen and oxygen atoms in total. The summed E-state index contributed by atoms with van der Waals surface area (Å²) in [6, 6.07) is 7.85. The Morgan fingerprint density at radius 2 is 2.33 bits per heavy atom. The fourth-order valence-corrected chi connectivity index (χ4v) is 2.61. The first-order valence-electron chi connectivity index (χ1n) is 7.25. The fourth-order valence-electron chi connectivity index (χ4n) is 2.61. The maximum absolute atomic E-state index is 12.5. The van der Waals surface area contributed by atoms with Crippen LogP contribution in [-0.2, 0) is 6.54 Å². The zero-order valence-electron chi connectivity index (χ0n) is 11.8. The molecule has 3 rings (SSSR count). The Balaban J connectivity index is 1.73. The minimum Gasteiger partial charge on any atom is -0.348 e. The molecule has 110 valence electrons. The zero-order chi connectivity index (χ0) is 14.5. The largest absolute Gasteiger partial charge is 0.348 e. The first-order valence-corrected chi connectivity index (χ1v) is 7.25. The molecule has 1 fully saturated rings. The average Bonchev–Trinajstić information content (AvgIpc) is 3.02. The van der Waals surface area contributed by atoms with Crippen molar-refractivity contribution in [2.24, 2.45) is 0 Å². The van der Waals surface area contributed by atoms with Crippen molar-refractivity contribution < 1.29 is 4.79 Å². The lowest BCUT2D eigenvalue weighted by molar-refractivity contribution is 0.0929. The summed E-state index contributed by atoms with van der Waals surface area (Å²) in [5, 5.41) is 10.5.